The van der Waals surface area contributed by atoms with E-state index in [2.05, 4.69) is 10.2 Å². The number of hydrogen-bond acceptors (Lipinski definition) is 4. The van der Waals surface area contributed by atoms with E-state index >= 15 is 0 Å². The first kappa shape index (κ1) is 21.3. The normalized spacial score (nSPS) is 15.3. The highest BCUT2D eigenvalue weighted by Crippen LogP contribution is 2.17. The van der Waals surface area contributed by atoms with Crippen molar-refractivity contribution < 1.29 is 13.2 Å². The van der Waals surface area contributed by atoms with E-state index in [1.165, 1.54) is 0 Å². The standard InChI is InChI=1S/C22H29N3O3S/c1-19-7-5-8-20(17-19)18-22(26)23-11-6-16-29(27,28)25-14-12-24(13-15-25)21-9-3-2-4-10-21/h2-5,7-10,17H,6,11-16,18H2,1H3,(H,23,26). The highest BCUT2D eigenvalue weighted by atomic mass is 32.2. The van der Waals surface area contributed by atoms with Gasteiger partial charge < -0.3 is 10.2 Å². The molecule has 0 aromatic heterocycles. The second kappa shape index (κ2) is 9.89. The Morgan fingerprint density at radius 1 is 1.00 bits per heavy atom. The molecule has 1 fully saturated rings. The molecule has 0 radical (unpaired) electrons. The molecular formula is C22H29N3O3S. The Balaban J connectivity index is 1.38. The van der Waals surface area contributed by atoms with Gasteiger partial charge in [-0.1, -0.05) is 48.0 Å². The van der Waals surface area contributed by atoms with Gasteiger partial charge in [-0.2, -0.15) is 4.31 Å². The lowest BCUT2D eigenvalue weighted by Crippen LogP contribution is -2.49. The summed E-state index contributed by atoms with van der Waals surface area (Å²) in [5, 5.41) is 2.82. The summed E-state index contributed by atoms with van der Waals surface area (Å²) in [5.74, 6) is -0.0206. The molecule has 0 saturated carbocycles. The Kier molecular flexibility index (Phi) is 7.28. The van der Waals surface area contributed by atoms with Crippen molar-refractivity contribution in [1.82, 2.24) is 9.62 Å². The molecule has 1 aliphatic rings. The van der Waals surface area contributed by atoms with Crippen LogP contribution in [0.25, 0.3) is 0 Å². The van der Waals surface area contributed by atoms with Gasteiger partial charge in [-0.3, -0.25) is 4.79 Å². The number of amides is 1. The Morgan fingerprint density at radius 2 is 1.72 bits per heavy atom. The summed E-state index contributed by atoms with van der Waals surface area (Å²) in [6.07, 6.45) is 0.733. The minimum absolute atomic E-state index is 0.0586. The predicted octanol–water partition coefficient (Wildman–Crippen LogP) is 2.20. The van der Waals surface area contributed by atoms with Gasteiger partial charge in [-0.25, -0.2) is 8.42 Å². The lowest BCUT2D eigenvalue weighted by molar-refractivity contribution is -0.120. The average Bonchev–Trinajstić information content (AvgIpc) is 2.72. The van der Waals surface area contributed by atoms with E-state index in [4.69, 9.17) is 0 Å². The van der Waals surface area contributed by atoms with Crippen molar-refractivity contribution in [3.63, 3.8) is 0 Å². The monoisotopic (exact) mass is 415 g/mol. The van der Waals surface area contributed by atoms with Gasteiger partial charge in [0.1, 0.15) is 0 Å². The van der Waals surface area contributed by atoms with Crippen molar-refractivity contribution in [1.29, 1.82) is 0 Å². The lowest BCUT2D eigenvalue weighted by Gasteiger charge is -2.35. The van der Waals surface area contributed by atoms with E-state index in [1.807, 2.05) is 61.5 Å². The quantitative estimate of drug-likeness (QED) is 0.671. The number of aryl methyl sites for hydroxylation is 1. The zero-order chi connectivity index (χ0) is 20.7. The van der Waals surface area contributed by atoms with Crippen molar-refractivity contribution in [2.75, 3.05) is 43.4 Å². The molecule has 1 saturated heterocycles. The molecule has 156 valence electrons. The summed E-state index contributed by atoms with van der Waals surface area (Å²) in [5.41, 5.74) is 3.21. The Bertz CT molecular complexity index is 908. The molecule has 0 spiro atoms. The first-order chi connectivity index (χ1) is 13.9. The zero-order valence-electron chi connectivity index (χ0n) is 16.9. The molecule has 1 amide bonds. The molecule has 0 bridgehead atoms. The largest absolute Gasteiger partial charge is 0.369 e. The molecule has 29 heavy (non-hydrogen) atoms. The second-order valence-electron chi connectivity index (χ2n) is 7.41. The third kappa shape index (κ3) is 6.30. The van der Waals surface area contributed by atoms with Gasteiger partial charge in [0.25, 0.3) is 0 Å². The number of benzene rings is 2. The molecule has 7 heteroatoms. The molecular weight excluding hydrogens is 386 g/mol. The van der Waals surface area contributed by atoms with Gasteiger partial charge >= 0.3 is 0 Å². The number of carbonyl (C=O) groups is 1. The maximum Gasteiger partial charge on any atom is 0.224 e. The van der Waals surface area contributed by atoms with Gasteiger partial charge in [-0.05, 0) is 31.0 Å². The van der Waals surface area contributed by atoms with Gasteiger partial charge in [0.05, 0.1) is 12.2 Å². The summed E-state index contributed by atoms with van der Waals surface area (Å²) in [7, 11) is -3.30. The number of hydrogen-bond donors (Lipinski definition) is 1. The van der Waals surface area contributed by atoms with Crippen molar-refractivity contribution in [2.24, 2.45) is 0 Å². The van der Waals surface area contributed by atoms with Crippen LogP contribution in [0.5, 0.6) is 0 Å². The highest BCUT2D eigenvalue weighted by molar-refractivity contribution is 7.89. The summed E-state index contributed by atoms with van der Waals surface area (Å²) < 4.78 is 26.8. The van der Waals surface area contributed by atoms with Crippen LogP contribution in [0, 0.1) is 6.92 Å². The number of para-hydroxylation sites is 1. The minimum Gasteiger partial charge on any atom is -0.369 e. The summed E-state index contributed by atoms with van der Waals surface area (Å²) >= 11 is 0. The van der Waals surface area contributed by atoms with Gasteiger partial charge in [-0.15, -0.1) is 0 Å². The van der Waals surface area contributed by atoms with Gasteiger partial charge in [0.15, 0.2) is 0 Å². The Labute approximate surface area is 173 Å². The Hall–Kier alpha value is -2.38. The molecule has 2 aromatic rings. The zero-order valence-corrected chi connectivity index (χ0v) is 17.7. The molecule has 1 aliphatic heterocycles. The van der Waals surface area contributed by atoms with Gasteiger partial charge in [0.2, 0.25) is 15.9 Å². The molecule has 2 aromatic carbocycles. The van der Waals surface area contributed by atoms with E-state index in [9.17, 15) is 13.2 Å². The number of sulfonamides is 1. The van der Waals surface area contributed by atoms with Gasteiger partial charge in [0, 0.05) is 38.4 Å². The number of nitrogens with zero attached hydrogens (tertiary/aromatic N) is 2. The van der Waals surface area contributed by atoms with Crippen LogP contribution in [-0.4, -0.2) is 57.1 Å². The van der Waals surface area contributed by atoms with E-state index in [0.717, 1.165) is 16.8 Å². The maximum atomic E-state index is 12.6. The fraction of sp³-hybridized carbons (Fsp3) is 0.409. The van der Waals surface area contributed by atoms with Crippen LogP contribution in [0.3, 0.4) is 0 Å². The third-order valence-electron chi connectivity index (χ3n) is 5.10. The summed E-state index contributed by atoms with van der Waals surface area (Å²) in [6.45, 7) is 4.74. The minimum atomic E-state index is -3.30. The second-order valence-corrected chi connectivity index (χ2v) is 9.50. The lowest BCUT2D eigenvalue weighted by atomic mass is 10.1. The Morgan fingerprint density at radius 3 is 2.41 bits per heavy atom. The third-order valence-corrected chi connectivity index (χ3v) is 7.06. The van der Waals surface area contributed by atoms with Crippen LogP contribution in [0.15, 0.2) is 54.6 Å². The highest BCUT2D eigenvalue weighted by Gasteiger charge is 2.26. The molecule has 3 rings (SSSR count). The van der Waals surface area contributed by atoms with Crippen LogP contribution >= 0.6 is 0 Å². The van der Waals surface area contributed by atoms with Crippen LogP contribution in [0.2, 0.25) is 0 Å². The topological polar surface area (TPSA) is 69.7 Å². The van der Waals surface area contributed by atoms with E-state index in [-0.39, 0.29) is 11.7 Å². The van der Waals surface area contributed by atoms with Crippen molar-refractivity contribution >= 4 is 21.6 Å². The molecule has 1 heterocycles. The number of anilines is 1. The fourth-order valence-corrected chi connectivity index (χ4v) is 5.03. The first-order valence-electron chi connectivity index (χ1n) is 10.0. The summed E-state index contributed by atoms with van der Waals surface area (Å²) in [6, 6.07) is 17.9. The smallest absolute Gasteiger partial charge is 0.224 e. The molecule has 0 aliphatic carbocycles. The summed E-state index contributed by atoms with van der Waals surface area (Å²) in [4.78, 5) is 14.3. The maximum absolute atomic E-state index is 12.6. The van der Waals surface area contributed by atoms with Crippen LogP contribution < -0.4 is 10.2 Å². The fourth-order valence-electron chi connectivity index (χ4n) is 3.54. The van der Waals surface area contributed by atoms with Crippen LogP contribution in [0.1, 0.15) is 17.5 Å². The van der Waals surface area contributed by atoms with E-state index < -0.39 is 10.0 Å². The average molecular weight is 416 g/mol. The number of carbonyl (C=O) groups excluding carboxylic acids is 1. The molecule has 6 nitrogen and oxygen atoms in total. The van der Waals surface area contributed by atoms with E-state index in [1.54, 1.807) is 4.31 Å². The van der Waals surface area contributed by atoms with Crippen molar-refractivity contribution in [3.8, 4) is 0 Å². The molecule has 0 atom stereocenters. The first-order valence-corrected chi connectivity index (χ1v) is 11.6. The number of nitrogens with one attached hydrogen (secondary N) is 1. The predicted molar refractivity (Wildman–Crippen MR) is 117 cm³/mol. The van der Waals surface area contributed by atoms with Crippen molar-refractivity contribution in [3.05, 3.63) is 65.7 Å². The van der Waals surface area contributed by atoms with E-state index in [0.29, 0.717) is 45.6 Å². The number of piperazine rings is 1. The number of rotatable bonds is 8. The van der Waals surface area contributed by atoms with Crippen LogP contribution in [-0.2, 0) is 21.2 Å². The van der Waals surface area contributed by atoms with Crippen LogP contribution in [0.4, 0.5) is 5.69 Å². The molecule has 1 N–H and O–H groups in total. The van der Waals surface area contributed by atoms with Crippen molar-refractivity contribution in [2.45, 2.75) is 19.8 Å². The molecule has 0 unspecified atom stereocenters. The SMILES string of the molecule is Cc1cccc(CC(=O)NCCCS(=O)(=O)N2CCN(c3ccccc3)CC2)c1.